The molecule has 2 aromatic heterocycles. The molecule has 0 aromatic carbocycles. The summed E-state index contributed by atoms with van der Waals surface area (Å²) in [6.45, 7) is 7.32. The summed E-state index contributed by atoms with van der Waals surface area (Å²) in [7, 11) is 1.69. The summed E-state index contributed by atoms with van der Waals surface area (Å²) in [5.74, 6) is 2.52. The summed E-state index contributed by atoms with van der Waals surface area (Å²) in [5.41, 5.74) is 3.10. The van der Waals surface area contributed by atoms with Crippen LogP contribution in [0.3, 0.4) is 0 Å². The van der Waals surface area contributed by atoms with Crippen LogP contribution in [0, 0.1) is 13.8 Å². The van der Waals surface area contributed by atoms with Crippen LogP contribution in [0.4, 0.5) is 0 Å². The molecule has 108 valence electrons. The molecule has 0 radical (unpaired) electrons. The van der Waals surface area contributed by atoms with Crippen LogP contribution in [0.25, 0.3) is 0 Å². The standard InChI is InChI=1S/C15H21N3O2/c1-5-12-7-18-14(20-12)9-16-8-13-11(3)15(19-4)10(2)6-17-13/h6-7,16H,5,8-9H2,1-4H3. The van der Waals surface area contributed by atoms with E-state index in [4.69, 9.17) is 9.15 Å². The number of ether oxygens (including phenoxy) is 1. The zero-order chi connectivity index (χ0) is 14.5. The van der Waals surface area contributed by atoms with Gasteiger partial charge in [0.15, 0.2) is 0 Å². The smallest absolute Gasteiger partial charge is 0.208 e. The van der Waals surface area contributed by atoms with Crippen molar-refractivity contribution >= 4 is 0 Å². The molecule has 0 saturated heterocycles. The Labute approximate surface area is 119 Å². The van der Waals surface area contributed by atoms with E-state index in [9.17, 15) is 0 Å². The van der Waals surface area contributed by atoms with Crippen molar-refractivity contribution in [3.8, 4) is 5.75 Å². The van der Waals surface area contributed by atoms with Gasteiger partial charge in [-0.3, -0.25) is 4.98 Å². The Bertz CT molecular complexity index is 578. The molecule has 0 bridgehead atoms. The average Bonchev–Trinajstić information content (AvgIpc) is 2.90. The first-order chi connectivity index (χ1) is 9.65. The minimum absolute atomic E-state index is 0.595. The molecule has 2 heterocycles. The molecule has 0 amide bonds. The maximum atomic E-state index is 5.55. The number of oxazole rings is 1. The lowest BCUT2D eigenvalue weighted by atomic mass is 10.1. The predicted octanol–water partition coefficient (Wildman–Crippen LogP) is 2.55. The van der Waals surface area contributed by atoms with E-state index >= 15 is 0 Å². The molecule has 0 spiro atoms. The quantitative estimate of drug-likeness (QED) is 0.878. The van der Waals surface area contributed by atoms with E-state index in [0.29, 0.717) is 19.0 Å². The second kappa shape index (κ2) is 6.52. The summed E-state index contributed by atoms with van der Waals surface area (Å²) in [6.07, 6.45) is 4.47. The molecule has 5 heteroatoms. The Hall–Kier alpha value is -1.88. The summed E-state index contributed by atoms with van der Waals surface area (Å²) in [6, 6.07) is 0. The number of rotatable bonds is 6. The molecule has 0 aliphatic rings. The first-order valence-corrected chi connectivity index (χ1v) is 6.79. The molecule has 0 unspecified atom stereocenters. The van der Waals surface area contributed by atoms with Gasteiger partial charge >= 0.3 is 0 Å². The Morgan fingerprint density at radius 1 is 1.20 bits per heavy atom. The largest absolute Gasteiger partial charge is 0.496 e. The molecule has 2 aromatic rings. The fourth-order valence-corrected chi connectivity index (χ4v) is 2.13. The minimum Gasteiger partial charge on any atom is -0.496 e. The summed E-state index contributed by atoms with van der Waals surface area (Å²) in [5, 5.41) is 3.29. The fraction of sp³-hybridized carbons (Fsp3) is 0.467. The molecule has 0 saturated carbocycles. The molecule has 5 nitrogen and oxygen atoms in total. The van der Waals surface area contributed by atoms with Gasteiger partial charge in [-0.05, 0) is 13.8 Å². The third kappa shape index (κ3) is 3.17. The third-order valence-electron chi connectivity index (χ3n) is 3.27. The van der Waals surface area contributed by atoms with Crippen LogP contribution < -0.4 is 10.1 Å². The summed E-state index contributed by atoms with van der Waals surface area (Å²) >= 11 is 0. The maximum Gasteiger partial charge on any atom is 0.208 e. The van der Waals surface area contributed by atoms with Crippen molar-refractivity contribution in [2.24, 2.45) is 0 Å². The van der Waals surface area contributed by atoms with E-state index in [0.717, 1.165) is 34.8 Å². The summed E-state index contributed by atoms with van der Waals surface area (Å²) in [4.78, 5) is 8.66. The zero-order valence-electron chi connectivity index (χ0n) is 12.5. The van der Waals surface area contributed by atoms with Gasteiger partial charge in [0.2, 0.25) is 5.89 Å². The maximum absolute atomic E-state index is 5.55. The van der Waals surface area contributed by atoms with Gasteiger partial charge in [-0.2, -0.15) is 0 Å². The molecular formula is C15H21N3O2. The number of methoxy groups -OCH3 is 1. The van der Waals surface area contributed by atoms with E-state index in [1.807, 2.05) is 27.0 Å². The lowest BCUT2D eigenvalue weighted by Crippen LogP contribution is -2.15. The van der Waals surface area contributed by atoms with Gasteiger partial charge < -0.3 is 14.5 Å². The van der Waals surface area contributed by atoms with Gasteiger partial charge in [0, 0.05) is 30.3 Å². The second-order valence-electron chi connectivity index (χ2n) is 4.72. The van der Waals surface area contributed by atoms with E-state index in [1.165, 1.54) is 0 Å². The van der Waals surface area contributed by atoms with Crippen LogP contribution >= 0.6 is 0 Å². The summed E-state index contributed by atoms with van der Waals surface area (Å²) < 4.78 is 10.9. The highest BCUT2D eigenvalue weighted by Gasteiger charge is 2.09. The highest BCUT2D eigenvalue weighted by Crippen LogP contribution is 2.23. The molecule has 0 atom stereocenters. The Balaban J connectivity index is 1.97. The van der Waals surface area contributed by atoms with Crippen molar-refractivity contribution in [1.29, 1.82) is 0 Å². The number of pyridine rings is 1. The van der Waals surface area contributed by atoms with E-state index in [1.54, 1.807) is 13.3 Å². The van der Waals surface area contributed by atoms with Crippen molar-refractivity contribution in [2.45, 2.75) is 40.3 Å². The monoisotopic (exact) mass is 275 g/mol. The minimum atomic E-state index is 0.595. The molecular weight excluding hydrogens is 254 g/mol. The number of hydrogen-bond acceptors (Lipinski definition) is 5. The van der Waals surface area contributed by atoms with Crippen LogP contribution in [0.1, 0.15) is 35.4 Å². The van der Waals surface area contributed by atoms with Gasteiger partial charge in [-0.25, -0.2) is 4.98 Å². The normalized spacial score (nSPS) is 10.8. The number of hydrogen-bond donors (Lipinski definition) is 1. The Kier molecular flexibility index (Phi) is 4.74. The first kappa shape index (κ1) is 14.5. The SMILES string of the molecule is CCc1cnc(CNCc2ncc(C)c(OC)c2C)o1. The first-order valence-electron chi connectivity index (χ1n) is 6.79. The van der Waals surface area contributed by atoms with Crippen molar-refractivity contribution in [3.05, 3.63) is 40.9 Å². The lowest BCUT2D eigenvalue weighted by molar-refractivity contribution is 0.405. The van der Waals surface area contributed by atoms with Gasteiger partial charge in [-0.1, -0.05) is 6.92 Å². The Morgan fingerprint density at radius 2 is 2.00 bits per heavy atom. The van der Waals surface area contributed by atoms with Crippen molar-refractivity contribution in [1.82, 2.24) is 15.3 Å². The highest BCUT2D eigenvalue weighted by atomic mass is 16.5. The Morgan fingerprint density at radius 3 is 2.65 bits per heavy atom. The van der Waals surface area contributed by atoms with Crippen molar-refractivity contribution in [2.75, 3.05) is 7.11 Å². The van der Waals surface area contributed by atoms with E-state index in [2.05, 4.69) is 15.3 Å². The van der Waals surface area contributed by atoms with Gasteiger partial charge in [0.05, 0.1) is 25.5 Å². The van der Waals surface area contributed by atoms with Crippen LogP contribution in [0.15, 0.2) is 16.8 Å². The van der Waals surface area contributed by atoms with E-state index in [-0.39, 0.29) is 0 Å². The second-order valence-corrected chi connectivity index (χ2v) is 4.72. The number of nitrogens with zero attached hydrogens (tertiary/aromatic N) is 2. The van der Waals surface area contributed by atoms with Crippen LogP contribution in [0.5, 0.6) is 5.75 Å². The van der Waals surface area contributed by atoms with Crippen LogP contribution in [-0.2, 0) is 19.5 Å². The number of aryl methyl sites for hydroxylation is 2. The van der Waals surface area contributed by atoms with Crippen molar-refractivity contribution in [3.63, 3.8) is 0 Å². The predicted molar refractivity (Wildman–Crippen MR) is 76.7 cm³/mol. The van der Waals surface area contributed by atoms with Gasteiger partial charge in [-0.15, -0.1) is 0 Å². The number of aromatic nitrogens is 2. The van der Waals surface area contributed by atoms with Crippen molar-refractivity contribution < 1.29 is 9.15 Å². The molecule has 20 heavy (non-hydrogen) atoms. The topological polar surface area (TPSA) is 60.2 Å². The van der Waals surface area contributed by atoms with E-state index < -0.39 is 0 Å². The van der Waals surface area contributed by atoms with Gasteiger partial charge in [0.1, 0.15) is 11.5 Å². The molecule has 0 fully saturated rings. The lowest BCUT2D eigenvalue weighted by Gasteiger charge is -2.12. The van der Waals surface area contributed by atoms with Crippen LogP contribution in [0.2, 0.25) is 0 Å². The average molecular weight is 275 g/mol. The molecule has 0 aliphatic carbocycles. The van der Waals surface area contributed by atoms with Gasteiger partial charge in [0.25, 0.3) is 0 Å². The highest BCUT2D eigenvalue weighted by molar-refractivity contribution is 5.40. The molecule has 1 N–H and O–H groups in total. The number of nitrogens with one attached hydrogen (secondary N) is 1. The zero-order valence-corrected chi connectivity index (χ0v) is 12.5. The molecule has 2 rings (SSSR count). The molecule has 0 aliphatic heterocycles. The third-order valence-corrected chi connectivity index (χ3v) is 3.27. The van der Waals surface area contributed by atoms with Crippen LogP contribution in [-0.4, -0.2) is 17.1 Å². The fourth-order valence-electron chi connectivity index (χ4n) is 2.13.